The number of nitrogens with zero attached hydrogens (tertiary/aromatic N) is 2. The fourth-order valence-electron chi connectivity index (χ4n) is 4.90. The highest BCUT2D eigenvalue weighted by Gasteiger charge is 2.60. The molecule has 0 spiro atoms. The van der Waals surface area contributed by atoms with E-state index in [9.17, 15) is 23.3 Å². The molecule has 0 aromatic heterocycles. The van der Waals surface area contributed by atoms with Crippen molar-refractivity contribution in [3.05, 3.63) is 45.1 Å². The SMILES string of the molecule is CCOc1cccc2c1O[C@@H](C(F)(F)F)[C@H]([N+](=O)[O-])[C@H]2C1=C(N2CCOCC2)CCC1. The van der Waals surface area contributed by atoms with E-state index in [1.807, 2.05) is 0 Å². The van der Waals surface area contributed by atoms with Crippen LogP contribution in [0.25, 0.3) is 0 Å². The molecule has 3 atom stereocenters. The summed E-state index contributed by atoms with van der Waals surface area (Å²) in [6.07, 6.45) is -5.49. The lowest BCUT2D eigenvalue weighted by Gasteiger charge is -2.38. The Balaban J connectivity index is 1.89. The van der Waals surface area contributed by atoms with Crippen molar-refractivity contribution < 1.29 is 32.3 Å². The summed E-state index contributed by atoms with van der Waals surface area (Å²) < 4.78 is 58.1. The predicted molar refractivity (Wildman–Crippen MR) is 105 cm³/mol. The largest absolute Gasteiger partial charge is 0.490 e. The molecule has 1 fully saturated rings. The van der Waals surface area contributed by atoms with Gasteiger partial charge in [-0.3, -0.25) is 10.1 Å². The topological polar surface area (TPSA) is 74.1 Å². The molecular formula is C21H25F3N2O5. The first kappa shape index (κ1) is 21.7. The van der Waals surface area contributed by atoms with E-state index in [0.717, 1.165) is 12.1 Å². The summed E-state index contributed by atoms with van der Waals surface area (Å²) in [7, 11) is 0. The van der Waals surface area contributed by atoms with E-state index in [4.69, 9.17) is 14.2 Å². The summed E-state index contributed by atoms with van der Waals surface area (Å²) in [6.45, 7) is 4.26. The van der Waals surface area contributed by atoms with Crippen molar-refractivity contribution in [3.63, 3.8) is 0 Å². The molecule has 7 nitrogen and oxygen atoms in total. The van der Waals surface area contributed by atoms with E-state index in [1.54, 1.807) is 19.1 Å². The van der Waals surface area contributed by atoms with Gasteiger partial charge < -0.3 is 19.1 Å². The van der Waals surface area contributed by atoms with Gasteiger partial charge in [0, 0.05) is 29.3 Å². The summed E-state index contributed by atoms with van der Waals surface area (Å²) >= 11 is 0. The van der Waals surface area contributed by atoms with E-state index in [-0.39, 0.29) is 18.1 Å². The highest BCUT2D eigenvalue weighted by atomic mass is 19.4. The molecule has 2 heterocycles. The van der Waals surface area contributed by atoms with Crippen LogP contribution < -0.4 is 9.47 Å². The normalized spacial score (nSPS) is 26.5. The first-order chi connectivity index (χ1) is 14.8. The monoisotopic (exact) mass is 442 g/mol. The standard InChI is InChI=1S/C21H25F3N2O5/c1-2-30-16-8-4-6-14-17(13-5-3-7-15(13)25-9-11-29-12-10-25)18(26(27)28)20(21(22,23)24)31-19(14)16/h4,6,8,17-18,20H,2-3,5,7,9-12H2,1H3/t17-,18+,20+/m0/s1. The van der Waals surface area contributed by atoms with Crippen LogP contribution in [-0.2, 0) is 4.74 Å². The van der Waals surface area contributed by atoms with Crippen LogP contribution >= 0.6 is 0 Å². The Labute approximate surface area is 177 Å². The van der Waals surface area contributed by atoms with Gasteiger partial charge in [0.1, 0.15) is 0 Å². The van der Waals surface area contributed by atoms with Gasteiger partial charge in [0.05, 0.1) is 25.7 Å². The van der Waals surface area contributed by atoms with Gasteiger partial charge in [-0.1, -0.05) is 12.1 Å². The van der Waals surface area contributed by atoms with E-state index in [0.29, 0.717) is 50.3 Å². The number of alkyl halides is 3. The molecule has 10 heteroatoms. The van der Waals surface area contributed by atoms with Crippen LogP contribution in [0, 0.1) is 10.1 Å². The molecule has 0 amide bonds. The van der Waals surface area contributed by atoms with Crippen molar-refractivity contribution in [1.29, 1.82) is 0 Å². The van der Waals surface area contributed by atoms with Gasteiger partial charge in [0.2, 0.25) is 0 Å². The molecule has 1 aliphatic carbocycles. The second-order valence-electron chi connectivity index (χ2n) is 7.87. The van der Waals surface area contributed by atoms with E-state index in [1.165, 1.54) is 6.07 Å². The summed E-state index contributed by atoms with van der Waals surface area (Å²) in [5.74, 6) is -0.908. The molecule has 3 aliphatic rings. The minimum atomic E-state index is -4.90. The van der Waals surface area contributed by atoms with Crippen LogP contribution in [0.5, 0.6) is 11.5 Å². The molecule has 4 rings (SSSR count). The van der Waals surface area contributed by atoms with Gasteiger partial charge >= 0.3 is 6.18 Å². The lowest BCUT2D eigenvalue weighted by molar-refractivity contribution is -0.547. The highest BCUT2D eigenvalue weighted by molar-refractivity contribution is 5.54. The average Bonchev–Trinajstić information content (AvgIpc) is 3.22. The van der Waals surface area contributed by atoms with Crippen molar-refractivity contribution in [2.24, 2.45) is 0 Å². The number of benzene rings is 1. The Morgan fingerprint density at radius 2 is 2.00 bits per heavy atom. The first-order valence-electron chi connectivity index (χ1n) is 10.5. The van der Waals surface area contributed by atoms with Crippen LogP contribution in [-0.4, -0.2) is 61.1 Å². The number of allylic oxidation sites excluding steroid dienone is 1. The van der Waals surface area contributed by atoms with Crippen molar-refractivity contribution in [2.45, 2.75) is 50.4 Å². The second kappa shape index (κ2) is 8.57. The lowest BCUT2D eigenvalue weighted by atomic mass is 9.78. The number of fused-ring (bicyclic) bond motifs is 1. The van der Waals surface area contributed by atoms with Gasteiger partial charge in [-0.25, -0.2) is 0 Å². The van der Waals surface area contributed by atoms with E-state index < -0.39 is 29.2 Å². The minimum Gasteiger partial charge on any atom is -0.490 e. The molecule has 170 valence electrons. The molecule has 1 aromatic carbocycles. The third kappa shape index (κ3) is 4.05. The molecule has 31 heavy (non-hydrogen) atoms. The summed E-state index contributed by atoms with van der Waals surface area (Å²) in [6, 6.07) is 2.84. The van der Waals surface area contributed by atoms with Gasteiger partial charge in [-0.2, -0.15) is 13.2 Å². The number of ether oxygens (including phenoxy) is 3. The zero-order valence-electron chi connectivity index (χ0n) is 17.2. The first-order valence-corrected chi connectivity index (χ1v) is 10.5. The van der Waals surface area contributed by atoms with Crippen LogP contribution in [0.15, 0.2) is 29.5 Å². The van der Waals surface area contributed by atoms with E-state index >= 15 is 0 Å². The number of hydrogen-bond donors (Lipinski definition) is 0. The quantitative estimate of drug-likeness (QED) is 0.509. The number of halogens is 3. The summed E-state index contributed by atoms with van der Waals surface area (Å²) in [5, 5.41) is 12.0. The minimum absolute atomic E-state index is 0.0458. The molecule has 0 bridgehead atoms. The number of nitro groups is 1. The predicted octanol–water partition coefficient (Wildman–Crippen LogP) is 3.91. The molecule has 1 saturated heterocycles. The Kier molecular flexibility index (Phi) is 6.00. The molecule has 2 aliphatic heterocycles. The van der Waals surface area contributed by atoms with Crippen LogP contribution in [0.1, 0.15) is 37.7 Å². The van der Waals surface area contributed by atoms with Gasteiger partial charge in [0.25, 0.3) is 12.1 Å². The van der Waals surface area contributed by atoms with Crippen LogP contribution in [0.4, 0.5) is 13.2 Å². The molecular weight excluding hydrogens is 417 g/mol. The molecule has 1 aromatic rings. The Morgan fingerprint density at radius 3 is 2.65 bits per heavy atom. The van der Waals surface area contributed by atoms with Gasteiger partial charge in [-0.15, -0.1) is 0 Å². The second-order valence-corrected chi connectivity index (χ2v) is 7.87. The van der Waals surface area contributed by atoms with Crippen molar-refractivity contribution in [1.82, 2.24) is 4.90 Å². The molecule has 0 unspecified atom stereocenters. The van der Waals surface area contributed by atoms with Crippen LogP contribution in [0.3, 0.4) is 0 Å². The third-order valence-corrected chi connectivity index (χ3v) is 6.11. The zero-order chi connectivity index (χ0) is 22.2. The molecule has 0 N–H and O–H groups in total. The maximum absolute atomic E-state index is 14.0. The molecule has 0 radical (unpaired) electrons. The van der Waals surface area contributed by atoms with Gasteiger partial charge in [-0.05, 0) is 37.8 Å². The van der Waals surface area contributed by atoms with Crippen LogP contribution in [0.2, 0.25) is 0 Å². The van der Waals surface area contributed by atoms with E-state index in [2.05, 4.69) is 4.90 Å². The number of para-hydroxylation sites is 1. The highest BCUT2D eigenvalue weighted by Crippen LogP contribution is 2.52. The summed E-state index contributed by atoms with van der Waals surface area (Å²) in [4.78, 5) is 13.3. The summed E-state index contributed by atoms with van der Waals surface area (Å²) in [5.41, 5.74) is 2.00. The zero-order valence-corrected chi connectivity index (χ0v) is 17.2. The maximum Gasteiger partial charge on any atom is 0.432 e. The van der Waals surface area contributed by atoms with Crippen molar-refractivity contribution in [2.75, 3.05) is 32.9 Å². The maximum atomic E-state index is 14.0. The third-order valence-electron chi connectivity index (χ3n) is 6.11. The fourth-order valence-corrected chi connectivity index (χ4v) is 4.90. The lowest BCUT2D eigenvalue weighted by Crippen LogP contribution is -2.54. The Hall–Kier alpha value is -2.49. The number of hydrogen-bond acceptors (Lipinski definition) is 6. The fraction of sp³-hybridized carbons (Fsp3) is 0.619. The average molecular weight is 442 g/mol. The Morgan fingerprint density at radius 1 is 1.26 bits per heavy atom. The number of morpholine rings is 1. The van der Waals surface area contributed by atoms with Gasteiger partial charge in [0.15, 0.2) is 11.5 Å². The number of rotatable bonds is 5. The smallest absolute Gasteiger partial charge is 0.432 e. The van der Waals surface area contributed by atoms with Crippen molar-refractivity contribution >= 4 is 0 Å². The molecule has 0 saturated carbocycles. The van der Waals surface area contributed by atoms with Crippen molar-refractivity contribution in [3.8, 4) is 11.5 Å². The Bertz CT molecular complexity index is 867.